The number of rotatable bonds is 8. The lowest BCUT2D eigenvalue weighted by Crippen LogP contribution is -2.33. The first-order valence-corrected chi connectivity index (χ1v) is 11.3. The summed E-state index contributed by atoms with van der Waals surface area (Å²) in [5.41, 5.74) is 0.347. The average molecular weight is 449 g/mol. The van der Waals surface area contributed by atoms with Crippen molar-refractivity contribution in [1.29, 1.82) is 0 Å². The molecule has 2 heterocycles. The molecule has 0 radical (unpaired) electrons. The molecule has 10 nitrogen and oxygen atoms in total. The van der Waals surface area contributed by atoms with E-state index >= 15 is 0 Å². The number of para-hydroxylation sites is 2. The van der Waals surface area contributed by atoms with Crippen LogP contribution in [0.25, 0.3) is 0 Å². The molecule has 0 spiro atoms. The van der Waals surface area contributed by atoms with Gasteiger partial charge in [0, 0.05) is 25.4 Å². The lowest BCUT2D eigenvalue weighted by atomic mass is 10.2. The molecule has 0 atom stereocenters. The first kappa shape index (κ1) is 22.5. The smallest absolute Gasteiger partial charge is 0.414 e. The Morgan fingerprint density at radius 1 is 1.13 bits per heavy atom. The highest BCUT2D eigenvalue weighted by Crippen LogP contribution is 2.28. The summed E-state index contributed by atoms with van der Waals surface area (Å²) in [5, 5.41) is 2.68. The minimum Gasteiger partial charge on any atom is -0.447 e. The zero-order valence-corrected chi connectivity index (χ0v) is 18.1. The van der Waals surface area contributed by atoms with Gasteiger partial charge in [-0.2, -0.15) is 4.31 Å². The van der Waals surface area contributed by atoms with Crippen molar-refractivity contribution in [2.24, 2.45) is 0 Å². The van der Waals surface area contributed by atoms with Gasteiger partial charge in [-0.1, -0.05) is 26.0 Å². The molecule has 1 saturated heterocycles. The van der Waals surface area contributed by atoms with Gasteiger partial charge in [0.15, 0.2) is 0 Å². The maximum Gasteiger partial charge on any atom is 0.414 e. The Hall–Kier alpha value is -3.18. The summed E-state index contributed by atoms with van der Waals surface area (Å²) >= 11 is 0. The molecule has 2 amide bonds. The second-order valence-electron chi connectivity index (χ2n) is 6.75. The van der Waals surface area contributed by atoms with Crippen molar-refractivity contribution in [3.8, 4) is 0 Å². The minimum atomic E-state index is -3.78. The summed E-state index contributed by atoms with van der Waals surface area (Å²) in [4.78, 5) is 38.0. The zero-order valence-electron chi connectivity index (χ0n) is 17.3. The molecule has 1 aromatic heterocycles. The number of carbonyl (C=O) groups excluding carboxylic acids is 2. The van der Waals surface area contributed by atoms with Crippen LogP contribution in [0.15, 0.2) is 52.3 Å². The van der Waals surface area contributed by atoms with E-state index in [-0.39, 0.29) is 31.1 Å². The lowest BCUT2D eigenvalue weighted by molar-refractivity contribution is -0.116. The van der Waals surface area contributed by atoms with Crippen LogP contribution in [0.3, 0.4) is 0 Å². The Balaban J connectivity index is 1.82. The second kappa shape index (κ2) is 9.31. The number of anilines is 2. The summed E-state index contributed by atoms with van der Waals surface area (Å²) in [6, 6.07) is 9.08. The van der Waals surface area contributed by atoms with Crippen LogP contribution in [-0.2, 0) is 26.1 Å². The number of aromatic nitrogens is 1. The van der Waals surface area contributed by atoms with Crippen molar-refractivity contribution in [3.63, 3.8) is 0 Å². The number of benzene rings is 1. The quantitative estimate of drug-likeness (QED) is 0.653. The number of ether oxygens (including phenoxy) is 1. The van der Waals surface area contributed by atoms with Crippen molar-refractivity contribution in [2.75, 3.05) is 36.5 Å². The molecule has 0 unspecified atom stereocenters. The molecule has 11 heteroatoms. The summed E-state index contributed by atoms with van der Waals surface area (Å²) in [5.74, 6) is -0.542. The molecule has 1 aliphatic heterocycles. The van der Waals surface area contributed by atoms with Crippen molar-refractivity contribution in [2.45, 2.75) is 25.3 Å². The van der Waals surface area contributed by atoms with E-state index in [4.69, 9.17) is 4.74 Å². The van der Waals surface area contributed by atoms with E-state index in [0.717, 1.165) is 10.6 Å². The molecule has 0 aliphatic carbocycles. The molecule has 3 rings (SSSR count). The highest BCUT2D eigenvalue weighted by atomic mass is 32.2. The standard InChI is InChI=1S/C20H24N4O6S/c1-3-23(4-2)31(28,29)15-9-10-19(26)22(13-15)14-18(25)21-16-7-5-6-8-17(16)24-11-12-30-20(24)27/h5-10,13H,3-4,11-12,14H2,1-2H3,(H,21,25). The third kappa shape index (κ3) is 4.78. The van der Waals surface area contributed by atoms with Crippen LogP contribution in [0.2, 0.25) is 0 Å². The van der Waals surface area contributed by atoms with Crippen LogP contribution in [-0.4, -0.2) is 55.5 Å². The van der Waals surface area contributed by atoms with Crippen LogP contribution < -0.4 is 15.8 Å². The van der Waals surface area contributed by atoms with Crippen molar-refractivity contribution < 1.29 is 22.7 Å². The molecule has 0 bridgehead atoms. The van der Waals surface area contributed by atoms with Gasteiger partial charge < -0.3 is 14.6 Å². The SMILES string of the molecule is CCN(CC)S(=O)(=O)c1ccc(=O)n(CC(=O)Nc2ccccc2N2CCOC2=O)c1. The average Bonchev–Trinajstić information content (AvgIpc) is 3.16. The topological polar surface area (TPSA) is 118 Å². The Kier molecular flexibility index (Phi) is 6.76. The number of nitrogens with zero attached hydrogens (tertiary/aromatic N) is 3. The number of carbonyl (C=O) groups is 2. The van der Waals surface area contributed by atoms with E-state index < -0.39 is 27.6 Å². The molecule has 166 valence electrons. The zero-order chi connectivity index (χ0) is 22.6. The van der Waals surface area contributed by atoms with Crippen LogP contribution >= 0.6 is 0 Å². The molecule has 2 aromatic rings. The van der Waals surface area contributed by atoms with E-state index in [9.17, 15) is 22.8 Å². The molecule has 0 saturated carbocycles. The maximum atomic E-state index is 12.7. The molecule has 1 N–H and O–H groups in total. The molecule has 31 heavy (non-hydrogen) atoms. The first-order chi connectivity index (χ1) is 14.8. The monoisotopic (exact) mass is 448 g/mol. The van der Waals surface area contributed by atoms with E-state index in [1.54, 1.807) is 38.1 Å². The molecular formula is C20H24N4O6S. The normalized spacial score (nSPS) is 14.0. The summed E-state index contributed by atoms with van der Waals surface area (Å²) in [7, 11) is -3.78. The largest absolute Gasteiger partial charge is 0.447 e. The van der Waals surface area contributed by atoms with E-state index in [0.29, 0.717) is 17.9 Å². The van der Waals surface area contributed by atoms with Crippen LogP contribution in [0.5, 0.6) is 0 Å². The molecular weight excluding hydrogens is 424 g/mol. The highest BCUT2D eigenvalue weighted by molar-refractivity contribution is 7.89. The van der Waals surface area contributed by atoms with Gasteiger partial charge >= 0.3 is 6.09 Å². The number of hydrogen-bond donors (Lipinski definition) is 1. The number of sulfonamides is 1. The number of pyridine rings is 1. The number of nitrogens with one attached hydrogen (secondary N) is 1. The van der Waals surface area contributed by atoms with Gasteiger partial charge in [-0.3, -0.25) is 14.5 Å². The van der Waals surface area contributed by atoms with Gasteiger partial charge in [-0.05, 0) is 18.2 Å². The third-order valence-corrected chi connectivity index (χ3v) is 6.88. The van der Waals surface area contributed by atoms with Gasteiger partial charge in [0.1, 0.15) is 13.2 Å². The number of cyclic esters (lactones) is 1. The fraction of sp³-hybridized carbons (Fsp3) is 0.350. The fourth-order valence-corrected chi connectivity index (χ4v) is 4.75. The van der Waals surface area contributed by atoms with E-state index in [1.165, 1.54) is 21.5 Å². The predicted molar refractivity (Wildman–Crippen MR) is 115 cm³/mol. The minimum absolute atomic E-state index is 0.0659. The summed E-state index contributed by atoms with van der Waals surface area (Å²) in [6.45, 7) is 4.23. The van der Waals surface area contributed by atoms with Crippen LogP contribution in [0.4, 0.5) is 16.2 Å². The summed E-state index contributed by atoms with van der Waals surface area (Å²) < 4.78 is 32.7. The van der Waals surface area contributed by atoms with Crippen LogP contribution in [0.1, 0.15) is 13.8 Å². The Morgan fingerprint density at radius 2 is 1.84 bits per heavy atom. The van der Waals surface area contributed by atoms with E-state index in [2.05, 4.69) is 5.32 Å². The maximum absolute atomic E-state index is 12.7. The van der Waals surface area contributed by atoms with Gasteiger partial charge in [0.2, 0.25) is 15.9 Å². The third-order valence-electron chi connectivity index (χ3n) is 4.84. The van der Waals surface area contributed by atoms with Crippen molar-refractivity contribution in [3.05, 3.63) is 52.9 Å². The first-order valence-electron chi connectivity index (χ1n) is 9.81. The van der Waals surface area contributed by atoms with Gasteiger partial charge in [0.05, 0.1) is 22.8 Å². The van der Waals surface area contributed by atoms with E-state index in [1.807, 2.05) is 0 Å². The van der Waals surface area contributed by atoms with Gasteiger partial charge in [0.25, 0.3) is 5.56 Å². The van der Waals surface area contributed by atoms with Gasteiger partial charge in [-0.15, -0.1) is 0 Å². The van der Waals surface area contributed by atoms with Crippen molar-refractivity contribution in [1.82, 2.24) is 8.87 Å². The predicted octanol–water partition coefficient (Wildman–Crippen LogP) is 1.47. The van der Waals surface area contributed by atoms with Crippen molar-refractivity contribution >= 4 is 33.4 Å². The number of hydrogen-bond acceptors (Lipinski definition) is 6. The second-order valence-corrected chi connectivity index (χ2v) is 8.69. The molecule has 1 aromatic carbocycles. The molecule has 1 fully saturated rings. The Labute approximate surface area is 180 Å². The fourth-order valence-electron chi connectivity index (χ4n) is 3.27. The Bertz CT molecular complexity index is 1140. The Morgan fingerprint density at radius 3 is 2.48 bits per heavy atom. The molecule has 1 aliphatic rings. The highest BCUT2D eigenvalue weighted by Gasteiger charge is 2.26. The summed E-state index contributed by atoms with van der Waals surface area (Å²) in [6.07, 6.45) is 0.659. The van der Waals surface area contributed by atoms with Crippen LogP contribution in [0, 0.1) is 0 Å². The lowest BCUT2D eigenvalue weighted by Gasteiger charge is -2.19. The number of amides is 2. The van der Waals surface area contributed by atoms with Gasteiger partial charge in [-0.25, -0.2) is 13.2 Å².